The molecule has 1 atom stereocenters. The van der Waals surface area contributed by atoms with E-state index in [0.29, 0.717) is 61.0 Å². The molecule has 1 aromatic heterocycles. The number of nitro groups is 1. The number of hydrogen-bond donors (Lipinski definition) is 0. The highest BCUT2D eigenvalue weighted by atomic mass is 32.2. The van der Waals surface area contributed by atoms with Gasteiger partial charge in [-0.15, -0.1) is 10.2 Å². The van der Waals surface area contributed by atoms with E-state index in [2.05, 4.69) is 10.2 Å². The van der Waals surface area contributed by atoms with E-state index in [1.165, 1.54) is 17.8 Å². The van der Waals surface area contributed by atoms with Gasteiger partial charge < -0.3 is 23.8 Å². The molecule has 1 fully saturated rings. The van der Waals surface area contributed by atoms with Crippen LogP contribution in [0, 0.1) is 10.1 Å². The van der Waals surface area contributed by atoms with E-state index in [-0.39, 0.29) is 28.4 Å². The molecule has 1 saturated heterocycles. The second kappa shape index (κ2) is 9.82. The third kappa shape index (κ3) is 4.74. The summed E-state index contributed by atoms with van der Waals surface area (Å²) < 4.78 is 13.6. The topological polar surface area (TPSA) is 116 Å². The summed E-state index contributed by atoms with van der Waals surface area (Å²) in [6, 6.07) is 14.2. The third-order valence-corrected chi connectivity index (χ3v) is 7.05. The molecule has 0 bridgehead atoms. The molecule has 182 valence electrons. The van der Waals surface area contributed by atoms with Gasteiger partial charge in [-0.3, -0.25) is 14.9 Å². The van der Waals surface area contributed by atoms with Crippen molar-refractivity contribution in [1.29, 1.82) is 0 Å². The number of amides is 1. The van der Waals surface area contributed by atoms with Gasteiger partial charge in [-0.1, -0.05) is 36.0 Å². The Labute approximate surface area is 205 Å². The summed E-state index contributed by atoms with van der Waals surface area (Å²) in [7, 11) is 1.84. The SMILES string of the molecule is Cn1c(SCC(=O)N2CCN(c3ccccc3[N+](=O)[O-])CC2)nnc1C1COc2ccccc2O1. The highest BCUT2D eigenvalue weighted by molar-refractivity contribution is 7.99. The van der Waals surface area contributed by atoms with Crippen LogP contribution in [0.25, 0.3) is 0 Å². The van der Waals surface area contributed by atoms with E-state index in [9.17, 15) is 14.9 Å². The fourth-order valence-electron chi connectivity index (χ4n) is 4.18. The van der Waals surface area contributed by atoms with Crippen LogP contribution in [0.4, 0.5) is 11.4 Å². The van der Waals surface area contributed by atoms with Gasteiger partial charge in [-0.05, 0) is 18.2 Å². The van der Waals surface area contributed by atoms with E-state index in [0.717, 1.165) is 0 Å². The summed E-state index contributed by atoms with van der Waals surface area (Å²) in [5, 5.41) is 20.5. The zero-order valence-electron chi connectivity index (χ0n) is 19.1. The van der Waals surface area contributed by atoms with Crippen LogP contribution < -0.4 is 14.4 Å². The minimum atomic E-state index is -0.387. The van der Waals surface area contributed by atoms with Crippen molar-refractivity contribution >= 4 is 29.0 Å². The monoisotopic (exact) mass is 496 g/mol. The molecule has 1 unspecified atom stereocenters. The normalized spacial score (nSPS) is 17.3. The van der Waals surface area contributed by atoms with Crippen molar-refractivity contribution in [2.75, 3.05) is 43.4 Å². The number of aromatic nitrogens is 3. The molecule has 0 saturated carbocycles. The van der Waals surface area contributed by atoms with E-state index < -0.39 is 0 Å². The van der Waals surface area contributed by atoms with Gasteiger partial charge in [0.2, 0.25) is 5.91 Å². The van der Waals surface area contributed by atoms with Crippen molar-refractivity contribution in [3.63, 3.8) is 0 Å². The first-order valence-corrected chi connectivity index (χ1v) is 12.2. The fourth-order valence-corrected chi connectivity index (χ4v) is 5.00. The van der Waals surface area contributed by atoms with E-state index in [1.807, 2.05) is 40.8 Å². The molecule has 12 heteroatoms. The number of ether oxygens (including phenoxy) is 2. The van der Waals surface area contributed by atoms with Crippen molar-refractivity contribution < 1.29 is 19.2 Å². The Kier molecular flexibility index (Phi) is 6.45. The first kappa shape index (κ1) is 23.0. The lowest BCUT2D eigenvalue weighted by atomic mass is 10.2. The van der Waals surface area contributed by atoms with Gasteiger partial charge >= 0.3 is 0 Å². The second-order valence-corrected chi connectivity index (χ2v) is 9.11. The molecule has 0 N–H and O–H groups in total. The molecule has 5 rings (SSSR count). The van der Waals surface area contributed by atoms with E-state index in [1.54, 1.807) is 23.1 Å². The molecule has 0 aliphatic carbocycles. The number of carbonyl (C=O) groups excluding carboxylic acids is 1. The van der Waals surface area contributed by atoms with Crippen LogP contribution >= 0.6 is 11.8 Å². The Morgan fingerprint density at radius 2 is 1.80 bits per heavy atom. The molecular formula is C23H24N6O5S. The van der Waals surface area contributed by atoms with Crippen molar-refractivity contribution in [2.24, 2.45) is 7.05 Å². The summed E-state index contributed by atoms with van der Waals surface area (Å²) in [4.78, 5) is 27.5. The van der Waals surface area contributed by atoms with Crippen LogP contribution in [-0.2, 0) is 11.8 Å². The number of thioether (sulfide) groups is 1. The predicted octanol–water partition coefficient (Wildman–Crippen LogP) is 2.68. The van der Waals surface area contributed by atoms with Gasteiger partial charge in [-0.25, -0.2) is 0 Å². The van der Waals surface area contributed by atoms with Crippen molar-refractivity contribution in [3.05, 3.63) is 64.5 Å². The minimum Gasteiger partial charge on any atom is -0.485 e. The van der Waals surface area contributed by atoms with Crippen molar-refractivity contribution in [1.82, 2.24) is 19.7 Å². The zero-order valence-corrected chi connectivity index (χ0v) is 19.9. The summed E-state index contributed by atoms with van der Waals surface area (Å²) in [5.41, 5.74) is 0.666. The Balaban J connectivity index is 1.16. The van der Waals surface area contributed by atoms with Crippen LogP contribution in [0.1, 0.15) is 11.9 Å². The van der Waals surface area contributed by atoms with Gasteiger partial charge in [0, 0.05) is 39.3 Å². The molecule has 0 radical (unpaired) electrons. The molecule has 11 nitrogen and oxygen atoms in total. The largest absolute Gasteiger partial charge is 0.485 e. The smallest absolute Gasteiger partial charge is 0.292 e. The summed E-state index contributed by atoms with van der Waals surface area (Å²) >= 11 is 1.32. The fraction of sp³-hybridized carbons (Fsp3) is 0.348. The number of nitro benzene ring substituents is 1. The summed E-state index contributed by atoms with van der Waals surface area (Å²) in [5.74, 6) is 2.21. The number of hydrogen-bond acceptors (Lipinski definition) is 9. The molecular weight excluding hydrogens is 472 g/mol. The Morgan fingerprint density at radius 1 is 1.09 bits per heavy atom. The number of piperazine rings is 1. The maximum absolute atomic E-state index is 12.8. The van der Waals surface area contributed by atoms with Crippen LogP contribution in [0.5, 0.6) is 11.5 Å². The van der Waals surface area contributed by atoms with Crippen molar-refractivity contribution in [3.8, 4) is 11.5 Å². The average molecular weight is 497 g/mol. The highest BCUT2D eigenvalue weighted by Crippen LogP contribution is 2.36. The van der Waals surface area contributed by atoms with Crippen LogP contribution in [0.2, 0.25) is 0 Å². The van der Waals surface area contributed by atoms with Gasteiger partial charge in [0.15, 0.2) is 28.6 Å². The number of fused-ring (bicyclic) bond motifs is 1. The minimum absolute atomic E-state index is 0.00654. The molecule has 1 amide bonds. The second-order valence-electron chi connectivity index (χ2n) is 8.17. The number of rotatable bonds is 6. The molecule has 2 aliphatic heterocycles. The average Bonchev–Trinajstić information content (AvgIpc) is 3.27. The maximum atomic E-state index is 12.8. The Bertz CT molecular complexity index is 1240. The molecule has 2 aliphatic rings. The number of benzene rings is 2. The van der Waals surface area contributed by atoms with Gasteiger partial charge in [0.25, 0.3) is 5.69 Å². The van der Waals surface area contributed by atoms with Gasteiger partial charge in [-0.2, -0.15) is 0 Å². The molecule has 2 aromatic carbocycles. The molecule has 0 spiro atoms. The number of carbonyl (C=O) groups is 1. The zero-order chi connectivity index (χ0) is 24.4. The standard InChI is InChI=1S/C23H24N6O5S/c1-26-22(20-14-33-18-8-4-5-9-19(18)34-20)24-25-23(26)35-15-21(30)28-12-10-27(11-13-28)16-6-2-3-7-17(16)29(31)32/h2-9,20H,10-15H2,1H3. The number of para-hydroxylation sites is 4. The first-order chi connectivity index (χ1) is 17.0. The lowest BCUT2D eigenvalue weighted by Crippen LogP contribution is -2.49. The molecule has 3 heterocycles. The Hall–Kier alpha value is -3.80. The number of anilines is 1. The van der Waals surface area contributed by atoms with Gasteiger partial charge in [0.1, 0.15) is 12.3 Å². The quantitative estimate of drug-likeness (QED) is 0.288. The predicted molar refractivity (Wildman–Crippen MR) is 129 cm³/mol. The number of nitrogens with zero attached hydrogens (tertiary/aromatic N) is 6. The van der Waals surface area contributed by atoms with E-state index in [4.69, 9.17) is 9.47 Å². The molecule has 35 heavy (non-hydrogen) atoms. The Morgan fingerprint density at radius 3 is 2.57 bits per heavy atom. The van der Waals surface area contributed by atoms with Gasteiger partial charge in [0.05, 0.1) is 10.7 Å². The summed E-state index contributed by atoms with van der Waals surface area (Å²) in [6.45, 7) is 2.41. The van der Waals surface area contributed by atoms with Crippen molar-refractivity contribution in [2.45, 2.75) is 11.3 Å². The lowest BCUT2D eigenvalue weighted by Gasteiger charge is -2.35. The summed E-state index contributed by atoms with van der Waals surface area (Å²) in [6.07, 6.45) is -0.387. The lowest BCUT2D eigenvalue weighted by molar-refractivity contribution is -0.384. The van der Waals surface area contributed by atoms with E-state index >= 15 is 0 Å². The van der Waals surface area contributed by atoms with Crippen LogP contribution in [-0.4, -0.2) is 69.0 Å². The first-order valence-electron chi connectivity index (χ1n) is 11.2. The third-order valence-electron chi connectivity index (χ3n) is 6.04. The van der Waals surface area contributed by atoms with Crippen LogP contribution in [0.15, 0.2) is 53.7 Å². The maximum Gasteiger partial charge on any atom is 0.292 e. The molecule has 3 aromatic rings. The highest BCUT2D eigenvalue weighted by Gasteiger charge is 2.29. The van der Waals surface area contributed by atoms with Crippen LogP contribution in [0.3, 0.4) is 0 Å².